The minimum absolute atomic E-state index is 0.0589. The zero-order valence-corrected chi connectivity index (χ0v) is 14.8. The normalized spacial score (nSPS) is 12.0. The van der Waals surface area contributed by atoms with E-state index in [2.05, 4.69) is 15.9 Å². The molecule has 0 atom stereocenters. The van der Waals surface area contributed by atoms with Gasteiger partial charge in [-0.2, -0.15) is 4.31 Å². The lowest BCUT2D eigenvalue weighted by Crippen LogP contribution is -2.40. The Morgan fingerprint density at radius 1 is 1.33 bits per heavy atom. The number of hydrogen-bond donors (Lipinski definition) is 1. The Bertz CT molecular complexity index is 629. The highest BCUT2D eigenvalue weighted by Gasteiger charge is 2.30. The second kappa shape index (κ2) is 6.76. The van der Waals surface area contributed by atoms with Gasteiger partial charge in [0.2, 0.25) is 10.0 Å². The number of carboxylic acids is 1. The molecule has 6 nitrogen and oxygen atoms in total. The van der Waals surface area contributed by atoms with Crippen molar-refractivity contribution in [3.63, 3.8) is 0 Å². The van der Waals surface area contributed by atoms with Crippen LogP contribution >= 0.6 is 15.9 Å². The average molecular weight is 379 g/mol. The Hall–Kier alpha value is -1.12. The molecular formula is C13H19BrN2O4S. The largest absolute Gasteiger partial charge is 0.480 e. The monoisotopic (exact) mass is 378 g/mol. The molecule has 0 unspecified atom stereocenters. The summed E-state index contributed by atoms with van der Waals surface area (Å²) in [5.41, 5.74) is 0.718. The van der Waals surface area contributed by atoms with Crippen molar-refractivity contribution in [1.29, 1.82) is 0 Å². The summed E-state index contributed by atoms with van der Waals surface area (Å²) in [6.07, 6.45) is 0. The van der Waals surface area contributed by atoms with Crippen molar-refractivity contribution in [2.24, 2.45) is 0 Å². The summed E-state index contributed by atoms with van der Waals surface area (Å²) in [4.78, 5) is 12.8. The van der Waals surface area contributed by atoms with E-state index in [0.29, 0.717) is 4.47 Å². The molecule has 0 radical (unpaired) electrons. The van der Waals surface area contributed by atoms with Crippen LogP contribution in [-0.4, -0.2) is 50.5 Å². The molecule has 21 heavy (non-hydrogen) atoms. The van der Waals surface area contributed by atoms with Gasteiger partial charge >= 0.3 is 5.97 Å². The summed E-state index contributed by atoms with van der Waals surface area (Å²) in [5.74, 6) is -1.19. The Morgan fingerprint density at radius 2 is 1.90 bits per heavy atom. The molecule has 1 aromatic carbocycles. The third kappa shape index (κ3) is 4.18. The summed E-state index contributed by atoms with van der Waals surface area (Å²) in [6, 6.07) is 4.49. The van der Waals surface area contributed by atoms with Crippen molar-refractivity contribution in [2.45, 2.75) is 24.8 Å². The summed E-state index contributed by atoms with van der Waals surface area (Å²) < 4.78 is 26.8. The van der Waals surface area contributed by atoms with E-state index in [1.54, 1.807) is 45.0 Å². The van der Waals surface area contributed by atoms with Crippen LogP contribution in [-0.2, 0) is 14.8 Å². The summed E-state index contributed by atoms with van der Waals surface area (Å²) in [5, 5.41) is 8.93. The van der Waals surface area contributed by atoms with Gasteiger partial charge in [-0.25, -0.2) is 8.42 Å². The van der Waals surface area contributed by atoms with E-state index in [9.17, 15) is 13.2 Å². The first kappa shape index (κ1) is 17.9. The van der Waals surface area contributed by atoms with E-state index < -0.39 is 28.6 Å². The van der Waals surface area contributed by atoms with Gasteiger partial charge in [0.1, 0.15) is 6.54 Å². The molecule has 0 aromatic heterocycles. The van der Waals surface area contributed by atoms with Crippen LogP contribution < -0.4 is 4.90 Å². The van der Waals surface area contributed by atoms with Gasteiger partial charge in [0.25, 0.3) is 0 Å². The fourth-order valence-electron chi connectivity index (χ4n) is 1.77. The molecule has 0 saturated carbocycles. The fourth-order valence-corrected chi connectivity index (χ4v) is 4.31. The number of halogens is 1. The lowest BCUT2D eigenvalue weighted by molar-refractivity contribution is -0.137. The lowest BCUT2D eigenvalue weighted by atomic mass is 10.3. The number of carboxylic acid groups (broad SMARTS) is 1. The van der Waals surface area contributed by atoms with Crippen LogP contribution in [0.3, 0.4) is 0 Å². The zero-order chi connectivity index (χ0) is 16.4. The molecule has 0 spiro atoms. The smallest absolute Gasteiger partial charge is 0.318 e. The molecule has 0 aliphatic carbocycles. The second-order valence-electron chi connectivity index (χ2n) is 5.05. The van der Waals surface area contributed by atoms with Crippen molar-refractivity contribution in [2.75, 3.05) is 25.5 Å². The lowest BCUT2D eigenvalue weighted by Gasteiger charge is -2.25. The number of aliphatic carboxylic acids is 1. The molecule has 0 fully saturated rings. The number of hydrogen-bond acceptors (Lipinski definition) is 4. The molecule has 0 aliphatic heterocycles. The number of rotatable bonds is 6. The van der Waals surface area contributed by atoms with Crippen LogP contribution in [0.5, 0.6) is 0 Å². The van der Waals surface area contributed by atoms with E-state index in [1.807, 2.05) is 0 Å². The summed E-state index contributed by atoms with van der Waals surface area (Å²) in [6.45, 7) is 2.72. The SMILES string of the molecule is CC(C)N(CC(=O)O)S(=O)(=O)c1cc(N(C)C)ccc1Br. The molecule has 0 heterocycles. The molecular weight excluding hydrogens is 360 g/mol. The third-order valence-electron chi connectivity index (χ3n) is 2.88. The Morgan fingerprint density at radius 3 is 2.33 bits per heavy atom. The maximum absolute atomic E-state index is 12.7. The van der Waals surface area contributed by atoms with Crippen LogP contribution in [0.2, 0.25) is 0 Å². The fraction of sp³-hybridized carbons (Fsp3) is 0.462. The average Bonchev–Trinajstić information content (AvgIpc) is 2.35. The first-order valence-corrected chi connectivity index (χ1v) is 8.51. The highest BCUT2D eigenvalue weighted by Crippen LogP contribution is 2.29. The van der Waals surface area contributed by atoms with Gasteiger partial charge in [-0.05, 0) is 48.0 Å². The molecule has 0 bridgehead atoms. The van der Waals surface area contributed by atoms with Crippen LogP contribution in [0.1, 0.15) is 13.8 Å². The van der Waals surface area contributed by atoms with E-state index >= 15 is 0 Å². The Kier molecular flexibility index (Phi) is 5.77. The topological polar surface area (TPSA) is 77.9 Å². The number of sulfonamides is 1. The molecule has 0 saturated heterocycles. The highest BCUT2D eigenvalue weighted by atomic mass is 79.9. The van der Waals surface area contributed by atoms with Gasteiger partial charge in [0, 0.05) is 30.3 Å². The number of anilines is 1. The van der Waals surface area contributed by atoms with E-state index in [1.165, 1.54) is 6.07 Å². The number of nitrogens with zero attached hydrogens (tertiary/aromatic N) is 2. The molecule has 8 heteroatoms. The van der Waals surface area contributed by atoms with Crippen LogP contribution in [0.15, 0.2) is 27.6 Å². The minimum Gasteiger partial charge on any atom is -0.480 e. The van der Waals surface area contributed by atoms with Gasteiger partial charge in [-0.1, -0.05) is 0 Å². The van der Waals surface area contributed by atoms with Crippen molar-refractivity contribution in [1.82, 2.24) is 4.31 Å². The van der Waals surface area contributed by atoms with Gasteiger partial charge in [0.05, 0.1) is 4.90 Å². The van der Waals surface area contributed by atoms with Gasteiger partial charge < -0.3 is 10.0 Å². The Balaban J connectivity index is 3.40. The van der Waals surface area contributed by atoms with Crippen molar-refractivity contribution in [3.8, 4) is 0 Å². The molecule has 1 aromatic rings. The van der Waals surface area contributed by atoms with Crippen LogP contribution in [0, 0.1) is 0 Å². The highest BCUT2D eigenvalue weighted by molar-refractivity contribution is 9.10. The van der Waals surface area contributed by atoms with Crippen molar-refractivity contribution in [3.05, 3.63) is 22.7 Å². The quantitative estimate of drug-likeness (QED) is 0.818. The molecule has 0 amide bonds. The second-order valence-corrected chi connectivity index (χ2v) is 7.76. The Labute approximate surface area is 133 Å². The third-order valence-corrected chi connectivity index (χ3v) is 5.90. The predicted molar refractivity (Wildman–Crippen MR) is 85.1 cm³/mol. The van der Waals surface area contributed by atoms with Crippen LogP contribution in [0.4, 0.5) is 5.69 Å². The van der Waals surface area contributed by atoms with E-state index in [4.69, 9.17) is 5.11 Å². The summed E-state index contributed by atoms with van der Waals surface area (Å²) >= 11 is 3.23. The van der Waals surface area contributed by atoms with Crippen LogP contribution in [0.25, 0.3) is 0 Å². The van der Waals surface area contributed by atoms with Crippen molar-refractivity contribution >= 4 is 37.6 Å². The van der Waals surface area contributed by atoms with Gasteiger partial charge in [-0.3, -0.25) is 4.79 Å². The summed E-state index contributed by atoms with van der Waals surface area (Å²) in [7, 11) is -0.298. The number of benzene rings is 1. The van der Waals surface area contributed by atoms with Gasteiger partial charge in [-0.15, -0.1) is 0 Å². The first-order chi connectivity index (χ1) is 9.57. The maximum atomic E-state index is 12.7. The first-order valence-electron chi connectivity index (χ1n) is 6.28. The number of carbonyl (C=O) groups is 1. The van der Waals surface area contributed by atoms with Crippen molar-refractivity contribution < 1.29 is 18.3 Å². The zero-order valence-electron chi connectivity index (χ0n) is 12.4. The minimum atomic E-state index is -3.90. The van der Waals surface area contributed by atoms with E-state index in [-0.39, 0.29) is 4.90 Å². The maximum Gasteiger partial charge on any atom is 0.318 e. The molecule has 1 rings (SSSR count). The molecule has 1 N–H and O–H groups in total. The molecule has 118 valence electrons. The van der Waals surface area contributed by atoms with Gasteiger partial charge in [0.15, 0.2) is 0 Å². The standard InChI is InChI=1S/C13H19BrN2O4S/c1-9(2)16(8-13(17)18)21(19,20)12-7-10(15(3)4)5-6-11(12)14/h5-7,9H,8H2,1-4H3,(H,17,18). The molecule has 0 aliphatic rings. The predicted octanol–water partition coefficient (Wildman–Crippen LogP) is 2.00. The van der Waals surface area contributed by atoms with E-state index in [0.717, 1.165) is 9.99 Å².